The highest BCUT2D eigenvalue weighted by molar-refractivity contribution is 8.00. The number of aryl methyl sites for hydroxylation is 2. The third kappa shape index (κ3) is 5.22. The van der Waals surface area contributed by atoms with Gasteiger partial charge in [-0.3, -0.25) is 4.79 Å². The molecule has 2 aromatic rings. The minimum Gasteiger partial charge on any atom is -0.322 e. The fourth-order valence-corrected chi connectivity index (χ4v) is 3.73. The van der Waals surface area contributed by atoms with E-state index in [0.717, 1.165) is 12.1 Å². The van der Waals surface area contributed by atoms with Crippen LogP contribution in [0, 0.1) is 13.8 Å². The molecule has 0 unspecified atom stereocenters. The molecule has 1 amide bonds. The van der Waals surface area contributed by atoms with Crippen molar-refractivity contribution in [1.82, 2.24) is 0 Å². The van der Waals surface area contributed by atoms with Crippen LogP contribution >= 0.6 is 11.8 Å². The minimum atomic E-state index is -6.99. The second kappa shape index (κ2) is 9.34. The molecule has 0 aliphatic heterocycles. The first kappa shape index (κ1) is 27.3. The second-order valence-corrected chi connectivity index (χ2v) is 8.09. The maximum atomic E-state index is 13.9. The number of alkyl halides is 9. The van der Waals surface area contributed by atoms with E-state index < -0.39 is 45.8 Å². The summed E-state index contributed by atoms with van der Waals surface area (Å²) in [5, 5.41) is -3.40. The third-order valence-electron chi connectivity index (χ3n) is 4.39. The molecule has 1 N–H and O–H groups in total. The zero-order valence-electron chi connectivity index (χ0n) is 17.0. The minimum absolute atomic E-state index is 0.0274. The zero-order chi connectivity index (χ0) is 26.1. The van der Waals surface area contributed by atoms with Crippen molar-refractivity contribution in [2.45, 2.75) is 42.0 Å². The number of isocyanates is 1. The van der Waals surface area contributed by atoms with E-state index in [-0.39, 0.29) is 28.1 Å². The average molecular weight is 516 g/mol. The summed E-state index contributed by atoms with van der Waals surface area (Å²) >= 11 is -1.17. The van der Waals surface area contributed by atoms with Crippen molar-refractivity contribution in [3.63, 3.8) is 0 Å². The van der Waals surface area contributed by atoms with E-state index in [2.05, 4.69) is 10.3 Å². The Morgan fingerprint density at radius 3 is 1.97 bits per heavy atom. The van der Waals surface area contributed by atoms with Crippen LogP contribution in [-0.2, 0) is 4.79 Å². The number of halogens is 9. The first-order valence-electron chi connectivity index (χ1n) is 8.94. The molecule has 0 aliphatic carbocycles. The van der Waals surface area contributed by atoms with Crippen LogP contribution in [0.4, 0.5) is 50.9 Å². The standard InChI is InChI=1S/C20H13F9N2O2S/c1-10-6-14(34-20(28,29)18(23,24)17(21,22)19(25,26)27)7-11(2)15(10)31-16(33)12-4-3-5-13(8-12)30-9-32/h3-8H,1-2H3,(H,31,33). The van der Waals surface area contributed by atoms with Gasteiger partial charge in [-0.2, -0.15) is 44.5 Å². The van der Waals surface area contributed by atoms with Gasteiger partial charge >= 0.3 is 23.3 Å². The molecule has 0 radical (unpaired) electrons. The van der Waals surface area contributed by atoms with Gasteiger partial charge in [-0.15, -0.1) is 0 Å². The quantitative estimate of drug-likeness (QED) is 0.186. The molecule has 0 aromatic heterocycles. The Morgan fingerprint density at radius 2 is 1.47 bits per heavy atom. The third-order valence-corrected chi connectivity index (χ3v) is 5.37. The molecule has 0 fully saturated rings. The molecule has 0 atom stereocenters. The van der Waals surface area contributed by atoms with Gasteiger partial charge in [0.15, 0.2) is 0 Å². The van der Waals surface area contributed by atoms with E-state index >= 15 is 0 Å². The van der Waals surface area contributed by atoms with Gasteiger partial charge in [-0.05, 0) is 67.1 Å². The smallest absolute Gasteiger partial charge is 0.322 e. The molecule has 2 aromatic carbocycles. The molecule has 0 spiro atoms. The monoisotopic (exact) mass is 516 g/mol. The topological polar surface area (TPSA) is 58.5 Å². The van der Waals surface area contributed by atoms with E-state index in [1.54, 1.807) is 0 Å². The number of hydrogen-bond acceptors (Lipinski definition) is 4. The van der Waals surface area contributed by atoms with Crippen LogP contribution in [0.2, 0.25) is 0 Å². The van der Waals surface area contributed by atoms with Crippen LogP contribution in [-0.4, -0.2) is 35.3 Å². The van der Waals surface area contributed by atoms with Crippen molar-refractivity contribution >= 4 is 35.1 Å². The molecule has 34 heavy (non-hydrogen) atoms. The summed E-state index contributed by atoms with van der Waals surface area (Å²) in [5.74, 6) is -14.5. The van der Waals surface area contributed by atoms with Crippen molar-refractivity contribution in [3.8, 4) is 0 Å². The van der Waals surface area contributed by atoms with Gasteiger partial charge < -0.3 is 5.32 Å². The SMILES string of the molecule is Cc1cc(SC(F)(F)C(F)(F)C(F)(F)C(F)(F)F)cc(C)c1NC(=O)c1cccc(N=C=O)c1. The first-order valence-corrected chi connectivity index (χ1v) is 9.76. The van der Waals surface area contributed by atoms with Crippen LogP contribution in [0.15, 0.2) is 46.3 Å². The summed E-state index contributed by atoms with van der Waals surface area (Å²) in [7, 11) is 0. The van der Waals surface area contributed by atoms with E-state index in [9.17, 15) is 49.1 Å². The molecule has 0 heterocycles. The number of amides is 1. The number of rotatable bonds is 7. The molecule has 0 saturated heterocycles. The molecule has 14 heteroatoms. The van der Waals surface area contributed by atoms with Crippen molar-refractivity contribution in [2.75, 3.05) is 5.32 Å². The fourth-order valence-electron chi connectivity index (χ4n) is 2.71. The van der Waals surface area contributed by atoms with Crippen molar-refractivity contribution in [3.05, 3.63) is 53.1 Å². The Balaban J connectivity index is 2.33. The predicted molar refractivity (Wildman–Crippen MR) is 105 cm³/mol. The van der Waals surface area contributed by atoms with Gasteiger partial charge in [-0.1, -0.05) is 6.07 Å². The number of anilines is 1. The molecular weight excluding hydrogens is 503 g/mol. The highest BCUT2D eigenvalue weighted by Gasteiger charge is 2.82. The summed E-state index contributed by atoms with van der Waals surface area (Å²) < 4.78 is 118. The van der Waals surface area contributed by atoms with E-state index in [1.165, 1.54) is 44.2 Å². The fraction of sp³-hybridized carbons (Fsp3) is 0.300. The largest absolute Gasteiger partial charge is 0.460 e. The van der Waals surface area contributed by atoms with Crippen LogP contribution in [0.25, 0.3) is 0 Å². The number of thioether (sulfide) groups is 1. The van der Waals surface area contributed by atoms with E-state index in [1.807, 2.05) is 0 Å². The lowest BCUT2D eigenvalue weighted by atomic mass is 10.1. The highest BCUT2D eigenvalue weighted by atomic mass is 32.2. The number of benzene rings is 2. The van der Waals surface area contributed by atoms with Gasteiger partial charge in [0, 0.05) is 16.1 Å². The van der Waals surface area contributed by atoms with Crippen LogP contribution in [0.1, 0.15) is 21.5 Å². The molecule has 0 aliphatic rings. The summed E-state index contributed by atoms with van der Waals surface area (Å²) in [6, 6.07) is 7.04. The number of carbonyl (C=O) groups is 1. The molecule has 0 saturated carbocycles. The van der Waals surface area contributed by atoms with Crippen LogP contribution in [0.5, 0.6) is 0 Å². The lowest BCUT2D eigenvalue weighted by Crippen LogP contribution is -2.59. The molecule has 184 valence electrons. The maximum Gasteiger partial charge on any atom is 0.460 e. The van der Waals surface area contributed by atoms with Crippen molar-refractivity contribution in [1.29, 1.82) is 0 Å². The Bertz CT molecular complexity index is 1120. The molecule has 0 bridgehead atoms. The Labute approximate surface area is 190 Å². The summed E-state index contributed by atoms with van der Waals surface area (Å²) in [4.78, 5) is 25.4. The molecule has 4 nitrogen and oxygen atoms in total. The average Bonchev–Trinajstić information content (AvgIpc) is 2.69. The first-order chi connectivity index (χ1) is 15.4. The predicted octanol–water partition coefficient (Wildman–Crippen LogP) is 7.04. The Morgan fingerprint density at radius 1 is 0.912 bits per heavy atom. The highest BCUT2D eigenvalue weighted by Crippen LogP contribution is 2.58. The molecular formula is C20H13F9N2O2S. The van der Waals surface area contributed by atoms with Gasteiger partial charge in [0.2, 0.25) is 6.08 Å². The number of hydrogen-bond donors (Lipinski definition) is 1. The maximum absolute atomic E-state index is 13.9. The van der Waals surface area contributed by atoms with Crippen molar-refractivity contribution < 1.29 is 49.1 Å². The normalized spacial score (nSPS) is 12.8. The summed E-state index contributed by atoms with van der Waals surface area (Å²) in [5.41, 5.74) is 0.254. The van der Waals surface area contributed by atoms with Gasteiger partial charge in [-0.25, -0.2) is 4.79 Å². The second-order valence-electron chi connectivity index (χ2n) is 6.90. The van der Waals surface area contributed by atoms with E-state index in [4.69, 9.17) is 0 Å². The summed E-state index contributed by atoms with van der Waals surface area (Å²) in [6.07, 6.45) is -5.62. The summed E-state index contributed by atoms with van der Waals surface area (Å²) in [6.45, 7) is 2.53. The van der Waals surface area contributed by atoms with Gasteiger partial charge in [0.05, 0.1) is 5.69 Å². The number of nitrogens with one attached hydrogen (secondary N) is 1. The molecule has 2 rings (SSSR count). The zero-order valence-corrected chi connectivity index (χ0v) is 17.9. The number of nitrogens with zero attached hydrogens (tertiary/aromatic N) is 1. The Kier molecular flexibility index (Phi) is 7.48. The number of carbonyl (C=O) groups excluding carboxylic acids is 2. The van der Waals surface area contributed by atoms with Crippen LogP contribution < -0.4 is 5.32 Å². The van der Waals surface area contributed by atoms with Gasteiger partial charge in [0.25, 0.3) is 5.91 Å². The number of aliphatic imine (C=N–C) groups is 1. The van der Waals surface area contributed by atoms with Gasteiger partial charge in [0.1, 0.15) is 0 Å². The lowest BCUT2D eigenvalue weighted by Gasteiger charge is -2.33. The van der Waals surface area contributed by atoms with Crippen molar-refractivity contribution in [2.24, 2.45) is 4.99 Å². The van der Waals surface area contributed by atoms with E-state index in [0.29, 0.717) is 0 Å². The Hall–Kier alpha value is -2.99. The van der Waals surface area contributed by atoms with Crippen LogP contribution in [0.3, 0.4) is 0 Å². The lowest BCUT2D eigenvalue weighted by molar-refractivity contribution is -0.381.